The molecule has 0 bridgehead atoms. The van der Waals surface area contributed by atoms with Crippen LogP contribution in [0.15, 0.2) is 36.5 Å². The van der Waals surface area contributed by atoms with Gasteiger partial charge >= 0.3 is 5.97 Å². The molecule has 1 amide bonds. The van der Waals surface area contributed by atoms with Gasteiger partial charge in [0.2, 0.25) is 0 Å². The summed E-state index contributed by atoms with van der Waals surface area (Å²) in [4.78, 5) is 25.7. The Labute approximate surface area is 114 Å². The standard InChI is InChI=1S/C14H13FN2O3/c1-9-4-5-10(7-11(9)15)17-13(18)8-20-14(19)12-3-2-6-16-12/h2-7,16H,8H2,1H3,(H,17,18). The Bertz CT molecular complexity index is 623. The summed E-state index contributed by atoms with van der Waals surface area (Å²) in [7, 11) is 0. The van der Waals surface area contributed by atoms with E-state index in [2.05, 4.69) is 10.3 Å². The van der Waals surface area contributed by atoms with Crippen LogP contribution in [0.25, 0.3) is 0 Å². The molecule has 2 aromatic rings. The van der Waals surface area contributed by atoms with Gasteiger partial charge in [0.05, 0.1) is 0 Å². The van der Waals surface area contributed by atoms with Crippen molar-refractivity contribution in [1.82, 2.24) is 4.98 Å². The van der Waals surface area contributed by atoms with E-state index in [0.717, 1.165) is 0 Å². The number of aromatic amines is 1. The fourth-order valence-electron chi connectivity index (χ4n) is 1.53. The van der Waals surface area contributed by atoms with Crippen molar-refractivity contribution in [2.75, 3.05) is 11.9 Å². The SMILES string of the molecule is Cc1ccc(NC(=O)COC(=O)c2ccc[nH]2)cc1F. The fraction of sp³-hybridized carbons (Fsp3) is 0.143. The molecule has 0 saturated heterocycles. The predicted octanol–water partition coefficient (Wildman–Crippen LogP) is 2.26. The van der Waals surface area contributed by atoms with Crippen molar-refractivity contribution in [1.29, 1.82) is 0 Å². The smallest absolute Gasteiger partial charge is 0.355 e. The number of anilines is 1. The second-order valence-corrected chi connectivity index (χ2v) is 4.17. The van der Waals surface area contributed by atoms with Crippen molar-refractivity contribution in [3.05, 3.63) is 53.6 Å². The lowest BCUT2D eigenvalue weighted by Gasteiger charge is -2.07. The number of rotatable bonds is 4. The van der Waals surface area contributed by atoms with Crippen LogP contribution >= 0.6 is 0 Å². The van der Waals surface area contributed by atoms with E-state index in [1.54, 1.807) is 31.3 Å². The summed E-state index contributed by atoms with van der Waals surface area (Å²) in [5, 5.41) is 2.44. The summed E-state index contributed by atoms with van der Waals surface area (Å²) in [6, 6.07) is 7.51. The van der Waals surface area contributed by atoms with Gasteiger partial charge in [-0.15, -0.1) is 0 Å². The van der Waals surface area contributed by atoms with Gasteiger partial charge in [-0.1, -0.05) is 6.07 Å². The molecule has 0 fully saturated rings. The van der Waals surface area contributed by atoms with E-state index in [-0.39, 0.29) is 5.69 Å². The summed E-state index contributed by atoms with van der Waals surface area (Å²) in [5.74, 6) is -1.57. The lowest BCUT2D eigenvalue weighted by atomic mass is 10.2. The molecule has 0 aliphatic carbocycles. The number of aryl methyl sites for hydroxylation is 1. The third kappa shape index (κ3) is 3.44. The van der Waals surface area contributed by atoms with E-state index in [0.29, 0.717) is 11.3 Å². The van der Waals surface area contributed by atoms with Crippen molar-refractivity contribution in [2.24, 2.45) is 0 Å². The summed E-state index contributed by atoms with van der Waals surface area (Å²) < 4.78 is 18.1. The van der Waals surface area contributed by atoms with Gasteiger partial charge in [-0.25, -0.2) is 9.18 Å². The highest BCUT2D eigenvalue weighted by Gasteiger charge is 2.11. The van der Waals surface area contributed by atoms with Gasteiger partial charge in [0.25, 0.3) is 5.91 Å². The number of ether oxygens (including phenoxy) is 1. The lowest BCUT2D eigenvalue weighted by Crippen LogP contribution is -2.21. The summed E-state index contributed by atoms with van der Waals surface area (Å²) in [5.41, 5.74) is 1.06. The Morgan fingerprint density at radius 3 is 2.80 bits per heavy atom. The zero-order valence-corrected chi connectivity index (χ0v) is 10.8. The molecule has 1 aromatic carbocycles. The number of carbonyl (C=O) groups is 2. The molecule has 0 aliphatic heterocycles. The molecule has 0 aliphatic rings. The molecular weight excluding hydrogens is 263 g/mol. The van der Waals surface area contributed by atoms with E-state index < -0.39 is 24.3 Å². The van der Waals surface area contributed by atoms with E-state index in [1.807, 2.05) is 0 Å². The zero-order chi connectivity index (χ0) is 14.5. The molecule has 0 spiro atoms. The van der Waals surface area contributed by atoms with Crippen LogP contribution in [0.4, 0.5) is 10.1 Å². The number of amides is 1. The number of hydrogen-bond acceptors (Lipinski definition) is 3. The largest absolute Gasteiger partial charge is 0.451 e. The fourth-order valence-corrected chi connectivity index (χ4v) is 1.53. The maximum absolute atomic E-state index is 13.3. The second kappa shape index (κ2) is 6.01. The third-order valence-electron chi connectivity index (χ3n) is 2.61. The van der Waals surface area contributed by atoms with Crippen LogP contribution in [-0.2, 0) is 9.53 Å². The molecule has 0 saturated carbocycles. The average Bonchev–Trinajstić information content (AvgIpc) is 2.94. The predicted molar refractivity (Wildman–Crippen MR) is 70.8 cm³/mol. The second-order valence-electron chi connectivity index (χ2n) is 4.17. The van der Waals surface area contributed by atoms with Crippen LogP contribution in [0, 0.1) is 12.7 Å². The van der Waals surface area contributed by atoms with Crippen molar-refractivity contribution < 1.29 is 18.7 Å². The zero-order valence-electron chi connectivity index (χ0n) is 10.8. The minimum Gasteiger partial charge on any atom is -0.451 e. The van der Waals surface area contributed by atoms with Crippen LogP contribution in [-0.4, -0.2) is 23.5 Å². The highest BCUT2D eigenvalue weighted by atomic mass is 19.1. The highest BCUT2D eigenvalue weighted by Crippen LogP contribution is 2.13. The Morgan fingerprint density at radius 2 is 2.15 bits per heavy atom. The van der Waals surface area contributed by atoms with E-state index in [4.69, 9.17) is 4.74 Å². The van der Waals surface area contributed by atoms with Crippen LogP contribution < -0.4 is 5.32 Å². The molecule has 1 aromatic heterocycles. The van der Waals surface area contributed by atoms with Gasteiger partial charge in [-0.3, -0.25) is 4.79 Å². The first-order chi connectivity index (χ1) is 9.56. The van der Waals surface area contributed by atoms with Gasteiger partial charge in [-0.05, 0) is 36.8 Å². The lowest BCUT2D eigenvalue weighted by molar-refractivity contribution is -0.119. The minimum absolute atomic E-state index is 0.263. The maximum atomic E-state index is 13.3. The van der Waals surface area contributed by atoms with Gasteiger partial charge in [0, 0.05) is 11.9 Å². The topological polar surface area (TPSA) is 71.2 Å². The number of aromatic nitrogens is 1. The monoisotopic (exact) mass is 276 g/mol. The average molecular weight is 276 g/mol. The van der Waals surface area contributed by atoms with Crippen LogP contribution in [0.5, 0.6) is 0 Å². The van der Waals surface area contributed by atoms with E-state index >= 15 is 0 Å². The van der Waals surface area contributed by atoms with Gasteiger partial charge in [0.1, 0.15) is 11.5 Å². The van der Waals surface area contributed by atoms with Crippen LogP contribution in [0.3, 0.4) is 0 Å². The first kappa shape index (κ1) is 13.8. The summed E-state index contributed by atoms with van der Waals surface area (Å²) in [6.07, 6.45) is 1.58. The van der Waals surface area contributed by atoms with Gasteiger partial charge < -0.3 is 15.0 Å². The molecule has 0 radical (unpaired) electrons. The summed E-state index contributed by atoms with van der Waals surface area (Å²) >= 11 is 0. The minimum atomic E-state index is -0.625. The van der Waals surface area contributed by atoms with Gasteiger partial charge in [0.15, 0.2) is 6.61 Å². The first-order valence-corrected chi connectivity index (χ1v) is 5.93. The number of carbonyl (C=O) groups excluding carboxylic acids is 2. The third-order valence-corrected chi connectivity index (χ3v) is 2.61. The highest BCUT2D eigenvalue weighted by molar-refractivity contribution is 5.94. The molecular formula is C14H13FN2O3. The Morgan fingerprint density at radius 1 is 1.35 bits per heavy atom. The molecule has 2 N–H and O–H groups in total. The van der Waals surface area contributed by atoms with Crippen molar-refractivity contribution in [3.63, 3.8) is 0 Å². The molecule has 5 nitrogen and oxygen atoms in total. The number of halogens is 1. The van der Waals surface area contributed by atoms with Gasteiger partial charge in [-0.2, -0.15) is 0 Å². The maximum Gasteiger partial charge on any atom is 0.355 e. The van der Waals surface area contributed by atoms with E-state index in [9.17, 15) is 14.0 Å². The molecule has 104 valence electrons. The quantitative estimate of drug-likeness (QED) is 0.841. The molecule has 0 atom stereocenters. The number of benzene rings is 1. The van der Waals surface area contributed by atoms with Crippen LogP contribution in [0.1, 0.15) is 16.1 Å². The normalized spacial score (nSPS) is 10.1. The van der Waals surface area contributed by atoms with Crippen molar-refractivity contribution >= 4 is 17.6 Å². The molecule has 2 rings (SSSR count). The molecule has 6 heteroatoms. The molecule has 0 unspecified atom stereocenters. The Kier molecular flexibility index (Phi) is 4.14. The molecule has 1 heterocycles. The number of esters is 1. The van der Waals surface area contributed by atoms with Crippen molar-refractivity contribution in [3.8, 4) is 0 Å². The summed E-state index contributed by atoms with van der Waals surface area (Å²) in [6.45, 7) is 1.19. The van der Waals surface area contributed by atoms with E-state index in [1.165, 1.54) is 12.1 Å². The Hall–Kier alpha value is -2.63. The van der Waals surface area contributed by atoms with Crippen LogP contribution in [0.2, 0.25) is 0 Å². The first-order valence-electron chi connectivity index (χ1n) is 5.93. The number of H-pyrrole nitrogens is 1. The van der Waals surface area contributed by atoms with Crippen molar-refractivity contribution in [2.45, 2.75) is 6.92 Å². The Balaban J connectivity index is 1.86. The number of nitrogens with one attached hydrogen (secondary N) is 2. The number of hydrogen-bond donors (Lipinski definition) is 2. The molecule has 20 heavy (non-hydrogen) atoms.